The van der Waals surface area contributed by atoms with Crippen molar-refractivity contribution in [2.45, 2.75) is 6.54 Å². The standard InChI is InChI=1S/C64H44N4/c1-65-63(67-64(50-28-18-27-48(38-50)45-22-7-3-8-23-45)66-42-43-19-17-26-47(37-43)44-20-5-2-6-21-44)51-40-58-54-31-12-11-29-52(54)53-30-13-14-33-56(53)62(58)61(41-51)68-59-34-16-15-32-55(59)57-39-49(35-36-60(57)68)46-24-9-4-10-25-46/h2-41H,1,42H2. The number of para-hydroxylation sites is 1. The first-order chi connectivity index (χ1) is 33.7. The van der Waals surface area contributed by atoms with Gasteiger partial charge in [-0.15, -0.1) is 0 Å². The summed E-state index contributed by atoms with van der Waals surface area (Å²) in [5.74, 6) is 1.06. The van der Waals surface area contributed by atoms with Crippen molar-refractivity contribution in [1.82, 2.24) is 4.57 Å². The van der Waals surface area contributed by atoms with Crippen LogP contribution in [-0.2, 0) is 6.54 Å². The summed E-state index contributed by atoms with van der Waals surface area (Å²) in [7, 11) is 0. The third-order valence-corrected chi connectivity index (χ3v) is 13.1. The zero-order valence-corrected chi connectivity index (χ0v) is 37.3. The summed E-state index contributed by atoms with van der Waals surface area (Å²) in [6, 6.07) is 86.2. The van der Waals surface area contributed by atoms with Gasteiger partial charge in [0.15, 0.2) is 11.7 Å². The van der Waals surface area contributed by atoms with Gasteiger partial charge < -0.3 is 4.57 Å². The first-order valence-electron chi connectivity index (χ1n) is 23.1. The van der Waals surface area contributed by atoms with Gasteiger partial charge in [0, 0.05) is 27.3 Å². The monoisotopic (exact) mass is 868 g/mol. The largest absolute Gasteiger partial charge is 0.309 e. The van der Waals surface area contributed by atoms with Gasteiger partial charge in [0.05, 0.1) is 23.3 Å². The predicted molar refractivity (Wildman–Crippen MR) is 289 cm³/mol. The molecule has 4 nitrogen and oxygen atoms in total. The normalized spacial score (nSPS) is 12.1. The number of aromatic nitrogens is 1. The van der Waals surface area contributed by atoms with Crippen molar-refractivity contribution >= 4 is 72.5 Å². The molecule has 0 unspecified atom stereocenters. The van der Waals surface area contributed by atoms with Crippen molar-refractivity contribution in [3.63, 3.8) is 0 Å². The molecule has 0 N–H and O–H groups in total. The first kappa shape index (κ1) is 40.5. The highest BCUT2D eigenvalue weighted by molar-refractivity contribution is 6.29. The van der Waals surface area contributed by atoms with Crippen molar-refractivity contribution in [2.75, 3.05) is 0 Å². The van der Waals surface area contributed by atoms with Crippen LogP contribution in [0, 0.1) is 0 Å². The van der Waals surface area contributed by atoms with E-state index in [1.165, 1.54) is 38.1 Å². The van der Waals surface area contributed by atoms with Crippen LogP contribution < -0.4 is 0 Å². The van der Waals surface area contributed by atoms with E-state index in [1.54, 1.807) is 0 Å². The molecule has 0 aliphatic carbocycles. The molecule has 4 heteroatoms. The zero-order chi connectivity index (χ0) is 45.4. The highest BCUT2D eigenvalue weighted by Gasteiger charge is 2.21. The SMILES string of the molecule is C=NC(=NC(=NCc1cccc(-c2ccccc2)c1)c1cccc(-c2ccccc2)c1)c1cc(-n2c3ccccc3c3cc(-c4ccccc4)ccc32)c2c3ccccc3c3ccccc3c2c1. The second kappa shape index (κ2) is 17.4. The summed E-state index contributed by atoms with van der Waals surface area (Å²) >= 11 is 0. The van der Waals surface area contributed by atoms with Gasteiger partial charge in [-0.3, -0.25) is 4.99 Å². The molecule has 320 valence electrons. The Morgan fingerprint density at radius 3 is 1.53 bits per heavy atom. The van der Waals surface area contributed by atoms with Crippen LogP contribution in [0.25, 0.3) is 93.2 Å². The first-order valence-corrected chi connectivity index (χ1v) is 23.1. The van der Waals surface area contributed by atoms with E-state index < -0.39 is 0 Å². The molecule has 0 radical (unpaired) electrons. The van der Waals surface area contributed by atoms with Crippen LogP contribution in [0.5, 0.6) is 0 Å². The van der Waals surface area contributed by atoms with Gasteiger partial charge in [-0.1, -0.05) is 200 Å². The molecule has 68 heavy (non-hydrogen) atoms. The van der Waals surface area contributed by atoms with E-state index in [2.05, 4.69) is 242 Å². The molecule has 0 atom stereocenters. The minimum atomic E-state index is 0.422. The second-order valence-corrected chi connectivity index (χ2v) is 17.2. The Morgan fingerprint density at radius 1 is 0.353 bits per heavy atom. The molecule has 0 spiro atoms. The van der Waals surface area contributed by atoms with Crippen LogP contribution in [0.2, 0.25) is 0 Å². The molecule has 0 fully saturated rings. The third kappa shape index (κ3) is 7.35. The molecule has 1 aromatic heterocycles. The fraction of sp³-hybridized carbons (Fsp3) is 0.0156. The highest BCUT2D eigenvalue weighted by atomic mass is 15.0. The number of fused-ring (bicyclic) bond motifs is 9. The van der Waals surface area contributed by atoms with Gasteiger partial charge in [-0.25, -0.2) is 9.98 Å². The number of amidine groups is 2. The number of aliphatic imine (C=N–C) groups is 3. The Kier molecular flexibility index (Phi) is 10.4. The number of hydrogen-bond donors (Lipinski definition) is 0. The Hall–Kier alpha value is -8.99. The average Bonchev–Trinajstić information content (AvgIpc) is 3.75. The van der Waals surface area contributed by atoms with Crippen molar-refractivity contribution in [3.05, 3.63) is 259 Å². The molecular formula is C64H44N4. The lowest BCUT2D eigenvalue weighted by Gasteiger charge is -2.18. The van der Waals surface area contributed by atoms with Gasteiger partial charge in [0.2, 0.25) is 0 Å². The number of hydrogen-bond acceptors (Lipinski definition) is 1. The van der Waals surface area contributed by atoms with Crippen LogP contribution in [-0.4, -0.2) is 23.0 Å². The smallest absolute Gasteiger partial charge is 0.161 e. The highest BCUT2D eigenvalue weighted by Crippen LogP contribution is 2.43. The zero-order valence-electron chi connectivity index (χ0n) is 37.3. The van der Waals surface area contributed by atoms with Gasteiger partial charge in [-0.2, -0.15) is 0 Å². The molecular weight excluding hydrogens is 825 g/mol. The van der Waals surface area contributed by atoms with Crippen LogP contribution >= 0.6 is 0 Å². The lowest BCUT2D eigenvalue weighted by atomic mass is 9.91. The van der Waals surface area contributed by atoms with Crippen LogP contribution in [0.15, 0.2) is 258 Å². The quantitative estimate of drug-likeness (QED) is 0.0829. The van der Waals surface area contributed by atoms with Gasteiger partial charge in [-0.05, 0) is 115 Å². The van der Waals surface area contributed by atoms with Crippen molar-refractivity contribution in [3.8, 4) is 39.1 Å². The maximum absolute atomic E-state index is 5.44. The Balaban J connectivity index is 1.11. The summed E-state index contributed by atoms with van der Waals surface area (Å²) < 4.78 is 2.44. The maximum atomic E-state index is 5.44. The Morgan fingerprint density at radius 2 is 0.868 bits per heavy atom. The number of benzene rings is 11. The average molecular weight is 869 g/mol. The van der Waals surface area contributed by atoms with E-state index in [0.29, 0.717) is 18.2 Å². The molecule has 0 saturated heterocycles. The Labute approximate surface area is 395 Å². The van der Waals surface area contributed by atoms with Crippen LogP contribution in [0.3, 0.4) is 0 Å². The molecule has 12 rings (SSSR count). The molecule has 1 heterocycles. The molecule has 0 aliphatic heterocycles. The van der Waals surface area contributed by atoms with Gasteiger partial charge in [0.25, 0.3) is 0 Å². The summed E-state index contributed by atoms with van der Waals surface area (Å²) in [4.78, 5) is 15.5. The molecule has 0 amide bonds. The van der Waals surface area contributed by atoms with E-state index in [4.69, 9.17) is 15.0 Å². The lowest BCUT2D eigenvalue weighted by Crippen LogP contribution is -2.07. The predicted octanol–water partition coefficient (Wildman–Crippen LogP) is 16.3. The lowest BCUT2D eigenvalue weighted by molar-refractivity contribution is 1.06. The minimum Gasteiger partial charge on any atom is -0.309 e. The maximum Gasteiger partial charge on any atom is 0.161 e. The van der Waals surface area contributed by atoms with Crippen molar-refractivity contribution in [2.24, 2.45) is 15.0 Å². The van der Waals surface area contributed by atoms with E-state index in [0.717, 1.165) is 71.8 Å². The van der Waals surface area contributed by atoms with Gasteiger partial charge >= 0.3 is 0 Å². The fourth-order valence-corrected chi connectivity index (χ4v) is 9.96. The summed E-state index contributed by atoms with van der Waals surface area (Å²) in [5, 5.41) is 9.36. The molecule has 11 aromatic carbocycles. The van der Waals surface area contributed by atoms with E-state index in [-0.39, 0.29) is 0 Å². The van der Waals surface area contributed by atoms with Crippen molar-refractivity contribution in [1.29, 1.82) is 0 Å². The molecule has 0 aliphatic rings. The molecule has 0 saturated carbocycles. The molecule has 0 bridgehead atoms. The topological polar surface area (TPSA) is 42.0 Å². The Bertz CT molecular complexity index is 3940. The van der Waals surface area contributed by atoms with Crippen LogP contribution in [0.1, 0.15) is 16.7 Å². The van der Waals surface area contributed by atoms with E-state index in [1.807, 2.05) is 12.1 Å². The van der Waals surface area contributed by atoms with E-state index in [9.17, 15) is 0 Å². The summed E-state index contributed by atoms with van der Waals surface area (Å²) in [6.45, 7) is 4.62. The minimum absolute atomic E-state index is 0.422. The fourth-order valence-electron chi connectivity index (χ4n) is 9.96. The molecule has 12 aromatic rings. The number of nitrogens with zero attached hydrogens (tertiary/aromatic N) is 4. The van der Waals surface area contributed by atoms with Gasteiger partial charge in [0.1, 0.15) is 0 Å². The van der Waals surface area contributed by atoms with E-state index >= 15 is 0 Å². The van der Waals surface area contributed by atoms with Crippen molar-refractivity contribution < 1.29 is 0 Å². The summed E-state index contributed by atoms with van der Waals surface area (Å²) in [6.07, 6.45) is 0. The third-order valence-electron chi connectivity index (χ3n) is 13.1. The second-order valence-electron chi connectivity index (χ2n) is 17.2. The van der Waals surface area contributed by atoms with Crippen LogP contribution in [0.4, 0.5) is 0 Å². The number of rotatable bonds is 8. The summed E-state index contributed by atoms with van der Waals surface area (Å²) in [5.41, 5.74) is 13.0.